The highest BCUT2D eigenvalue weighted by Gasteiger charge is 2.06. The van der Waals surface area contributed by atoms with Crippen LogP contribution in [0.25, 0.3) is 0 Å². The van der Waals surface area contributed by atoms with Gasteiger partial charge in [-0.3, -0.25) is 4.90 Å². The Bertz CT molecular complexity index is 596. The van der Waals surface area contributed by atoms with Crippen LogP contribution in [0.1, 0.15) is 21.5 Å². The molecule has 0 radical (unpaired) electrons. The second kappa shape index (κ2) is 6.55. The third-order valence-electron chi connectivity index (χ3n) is 3.05. The van der Waals surface area contributed by atoms with Gasteiger partial charge in [-0.2, -0.15) is 0 Å². The summed E-state index contributed by atoms with van der Waals surface area (Å²) < 4.78 is 0. The van der Waals surface area contributed by atoms with Crippen LogP contribution >= 0.6 is 11.6 Å². The third-order valence-corrected chi connectivity index (χ3v) is 3.42. The third kappa shape index (κ3) is 3.83. The summed E-state index contributed by atoms with van der Waals surface area (Å²) in [5.74, 6) is -0.902. The van der Waals surface area contributed by atoms with E-state index in [9.17, 15) is 4.79 Å². The van der Waals surface area contributed by atoms with E-state index in [-0.39, 0.29) is 0 Å². The average Bonchev–Trinajstić information content (AvgIpc) is 2.42. The summed E-state index contributed by atoms with van der Waals surface area (Å²) in [7, 11) is 2.01. The zero-order valence-electron chi connectivity index (χ0n) is 11.2. The zero-order valence-corrected chi connectivity index (χ0v) is 12.0. The number of hydrogen-bond acceptors (Lipinski definition) is 2. The number of aromatic carboxylic acids is 1. The molecule has 2 aromatic rings. The minimum atomic E-state index is -0.902. The minimum Gasteiger partial charge on any atom is -0.478 e. The maximum Gasteiger partial charge on any atom is 0.335 e. The number of benzene rings is 2. The zero-order chi connectivity index (χ0) is 14.5. The van der Waals surface area contributed by atoms with Crippen molar-refractivity contribution in [1.29, 1.82) is 0 Å². The van der Waals surface area contributed by atoms with E-state index in [1.165, 1.54) is 0 Å². The van der Waals surface area contributed by atoms with Crippen molar-refractivity contribution in [3.05, 3.63) is 70.2 Å². The van der Waals surface area contributed by atoms with E-state index in [0.29, 0.717) is 5.56 Å². The van der Waals surface area contributed by atoms with E-state index < -0.39 is 5.97 Å². The summed E-state index contributed by atoms with van der Waals surface area (Å²) in [6.45, 7) is 1.49. The Kier molecular flexibility index (Phi) is 4.77. The van der Waals surface area contributed by atoms with E-state index >= 15 is 0 Å². The summed E-state index contributed by atoms with van der Waals surface area (Å²) in [6, 6.07) is 14.7. The van der Waals surface area contributed by atoms with E-state index in [0.717, 1.165) is 29.2 Å². The van der Waals surface area contributed by atoms with E-state index in [2.05, 4.69) is 4.90 Å². The van der Waals surface area contributed by atoms with Crippen molar-refractivity contribution in [3.63, 3.8) is 0 Å². The van der Waals surface area contributed by atoms with E-state index in [1.54, 1.807) is 12.1 Å². The Morgan fingerprint density at radius 1 is 1.10 bits per heavy atom. The van der Waals surface area contributed by atoms with Crippen LogP contribution in [0.2, 0.25) is 5.02 Å². The number of carboxylic acid groups (broad SMARTS) is 1. The lowest BCUT2D eigenvalue weighted by Gasteiger charge is -2.17. The van der Waals surface area contributed by atoms with Crippen LogP contribution in [0.4, 0.5) is 0 Å². The first-order valence-electron chi connectivity index (χ1n) is 6.30. The Morgan fingerprint density at radius 2 is 1.75 bits per heavy atom. The van der Waals surface area contributed by atoms with Crippen LogP contribution in [0.5, 0.6) is 0 Å². The molecule has 0 unspecified atom stereocenters. The van der Waals surface area contributed by atoms with Gasteiger partial charge in [-0.05, 0) is 36.4 Å². The summed E-state index contributed by atoms with van der Waals surface area (Å²) in [5, 5.41) is 9.62. The Hall–Kier alpha value is -1.84. The molecule has 3 nitrogen and oxygen atoms in total. The van der Waals surface area contributed by atoms with Gasteiger partial charge in [0.2, 0.25) is 0 Å². The SMILES string of the molecule is CN(Cc1ccc(C(=O)O)cc1)Cc1ccccc1Cl. The van der Waals surface area contributed by atoms with Crippen molar-refractivity contribution in [3.8, 4) is 0 Å². The fourth-order valence-electron chi connectivity index (χ4n) is 2.04. The quantitative estimate of drug-likeness (QED) is 0.913. The van der Waals surface area contributed by atoms with Crippen molar-refractivity contribution in [2.45, 2.75) is 13.1 Å². The molecule has 0 fully saturated rings. The van der Waals surface area contributed by atoms with Gasteiger partial charge < -0.3 is 5.11 Å². The Balaban J connectivity index is 1.99. The largest absolute Gasteiger partial charge is 0.478 e. The molecule has 0 saturated heterocycles. The number of halogens is 1. The Labute approximate surface area is 123 Å². The summed E-state index contributed by atoms with van der Waals surface area (Å²) >= 11 is 6.13. The molecule has 104 valence electrons. The molecule has 0 saturated carbocycles. The van der Waals surface area contributed by atoms with Gasteiger partial charge in [0, 0.05) is 18.1 Å². The Morgan fingerprint density at radius 3 is 2.35 bits per heavy atom. The van der Waals surface area contributed by atoms with Crippen LogP contribution in [-0.4, -0.2) is 23.0 Å². The smallest absolute Gasteiger partial charge is 0.335 e. The highest BCUT2D eigenvalue weighted by molar-refractivity contribution is 6.31. The highest BCUT2D eigenvalue weighted by Crippen LogP contribution is 2.17. The van der Waals surface area contributed by atoms with Gasteiger partial charge in [0.15, 0.2) is 0 Å². The summed E-state index contributed by atoms with van der Waals surface area (Å²) in [6.07, 6.45) is 0. The molecule has 0 aliphatic rings. The molecule has 0 aromatic heterocycles. The first-order chi connectivity index (χ1) is 9.56. The average molecular weight is 290 g/mol. The van der Waals surface area contributed by atoms with Crippen LogP contribution in [0, 0.1) is 0 Å². The first kappa shape index (κ1) is 14.6. The number of carboxylic acids is 1. The van der Waals surface area contributed by atoms with Gasteiger partial charge >= 0.3 is 5.97 Å². The summed E-state index contributed by atoms with van der Waals surface area (Å²) in [4.78, 5) is 12.9. The predicted octanol–water partition coefficient (Wildman–Crippen LogP) is 3.67. The molecule has 1 N–H and O–H groups in total. The van der Waals surface area contributed by atoms with Crippen LogP contribution in [0.15, 0.2) is 48.5 Å². The lowest BCUT2D eigenvalue weighted by atomic mass is 10.1. The van der Waals surface area contributed by atoms with Crippen molar-refractivity contribution < 1.29 is 9.90 Å². The molecule has 2 rings (SSSR count). The second-order valence-corrected chi connectivity index (χ2v) is 5.17. The van der Waals surface area contributed by atoms with Gasteiger partial charge in [-0.25, -0.2) is 4.79 Å². The predicted molar refractivity (Wildman–Crippen MR) is 80.0 cm³/mol. The highest BCUT2D eigenvalue weighted by atomic mass is 35.5. The number of rotatable bonds is 5. The molecule has 0 atom stereocenters. The molecule has 4 heteroatoms. The topological polar surface area (TPSA) is 40.5 Å². The first-order valence-corrected chi connectivity index (χ1v) is 6.68. The maximum absolute atomic E-state index is 10.8. The number of hydrogen-bond donors (Lipinski definition) is 1. The molecule has 0 spiro atoms. The van der Waals surface area contributed by atoms with Crippen LogP contribution in [0.3, 0.4) is 0 Å². The van der Waals surface area contributed by atoms with E-state index in [1.807, 2.05) is 43.4 Å². The van der Waals surface area contributed by atoms with Gasteiger partial charge in [0.05, 0.1) is 5.56 Å². The molecule has 0 bridgehead atoms. The lowest BCUT2D eigenvalue weighted by molar-refractivity contribution is 0.0697. The van der Waals surface area contributed by atoms with Crippen molar-refractivity contribution >= 4 is 17.6 Å². The van der Waals surface area contributed by atoms with Crippen molar-refractivity contribution in [1.82, 2.24) is 4.90 Å². The molecule has 0 amide bonds. The fourth-order valence-corrected chi connectivity index (χ4v) is 2.23. The lowest BCUT2D eigenvalue weighted by Crippen LogP contribution is -2.17. The molecule has 0 aliphatic carbocycles. The van der Waals surface area contributed by atoms with Gasteiger partial charge in [-0.1, -0.05) is 41.9 Å². The standard InChI is InChI=1S/C16H16ClNO2/c1-18(11-14-4-2-3-5-15(14)17)10-12-6-8-13(9-7-12)16(19)20/h2-9H,10-11H2,1H3,(H,19,20). The second-order valence-electron chi connectivity index (χ2n) is 4.77. The molecule has 20 heavy (non-hydrogen) atoms. The molecular weight excluding hydrogens is 274 g/mol. The van der Waals surface area contributed by atoms with Crippen LogP contribution < -0.4 is 0 Å². The summed E-state index contributed by atoms with van der Waals surface area (Å²) in [5.41, 5.74) is 2.46. The normalized spacial score (nSPS) is 10.8. The van der Waals surface area contributed by atoms with Crippen molar-refractivity contribution in [2.75, 3.05) is 7.05 Å². The monoisotopic (exact) mass is 289 g/mol. The van der Waals surface area contributed by atoms with E-state index in [4.69, 9.17) is 16.7 Å². The number of nitrogens with zero attached hydrogens (tertiary/aromatic N) is 1. The fraction of sp³-hybridized carbons (Fsp3) is 0.188. The van der Waals surface area contributed by atoms with Gasteiger partial charge in [-0.15, -0.1) is 0 Å². The molecule has 2 aromatic carbocycles. The molecular formula is C16H16ClNO2. The minimum absolute atomic E-state index is 0.308. The number of carbonyl (C=O) groups is 1. The van der Waals surface area contributed by atoms with Crippen molar-refractivity contribution in [2.24, 2.45) is 0 Å². The molecule has 0 heterocycles. The van der Waals surface area contributed by atoms with Gasteiger partial charge in [0.25, 0.3) is 0 Å². The molecule has 0 aliphatic heterocycles. The maximum atomic E-state index is 10.8. The van der Waals surface area contributed by atoms with Crippen LogP contribution in [-0.2, 0) is 13.1 Å². The van der Waals surface area contributed by atoms with Gasteiger partial charge in [0.1, 0.15) is 0 Å².